The number of anilines is 2. The van der Waals surface area contributed by atoms with Crippen LogP contribution < -0.4 is 14.5 Å². The third kappa shape index (κ3) is 16.8. The van der Waals surface area contributed by atoms with Crippen LogP contribution in [0.2, 0.25) is 0 Å². The molecule has 0 atom stereocenters. The maximum Gasteiger partial charge on any atom is 0.311 e. The maximum absolute atomic E-state index is 12.3. The van der Waals surface area contributed by atoms with Gasteiger partial charge in [0.15, 0.2) is 23.3 Å². The van der Waals surface area contributed by atoms with Gasteiger partial charge in [-0.25, -0.2) is 19.9 Å². The molecular formula is C52H67ClN6O6S2. The Bertz CT molecular complexity index is 2420. The largest absolute Gasteiger partial charge is 0.508 e. The number of nitrogens with zero attached hydrogens (tertiary/aromatic N) is 6. The van der Waals surface area contributed by atoms with E-state index in [9.17, 15) is 14.7 Å². The van der Waals surface area contributed by atoms with Crippen molar-refractivity contribution in [3.63, 3.8) is 0 Å². The lowest BCUT2D eigenvalue weighted by atomic mass is 10.1. The summed E-state index contributed by atoms with van der Waals surface area (Å²) in [5.41, 5.74) is 3.55. The molecule has 2 saturated heterocycles. The number of benzene rings is 2. The molecule has 2 aromatic carbocycles. The van der Waals surface area contributed by atoms with Crippen molar-refractivity contribution in [2.24, 2.45) is 0 Å². The van der Waals surface area contributed by atoms with E-state index in [-0.39, 0.29) is 17.0 Å². The molecule has 6 heterocycles. The number of carbonyl (C=O) groups is 2. The summed E-state index contributed by atoms with van der Waals surface area (Å²) in [5, 5.41) is 13.6. The van der Waals surface area contributed by atoms with Crippen LogP contribution in [0.4, 0.5) is 11.6 Å². The van der Waals surface area contributed by atoms with Crippen molar-refractivity contribution in [1.29, 1.82) is 0 Å². The number of fused-ring (bicyclic) bond motifs is 2. The lowest BCUT2D eigenvalue weighted by molar-refractivity contribution is -0.134. The van der Waals surface area contributed by atoms with Crippen LogP contribution in [0.1, 0.15) is 117 Å². The molecule has 0 radical (unpaired) electrons. The molecule has 0 aliphatic carbocycles. The fraction of sp³-hybridized carbons (Fsp3) is 0.500. The Morgan fingerprint density at radius 2 is 1.07 bits per heavy atom. The standard InChI is InChI=1S/C26H33N3O3S.C16H15N3O2S.C10H19ClO/c1-2-3-4-5-6-7-8-12-23(30)32-21-11-9-10-20(19-21)25-27-22-13-18-33-24(22)26(28-25)29-14-16-31-17-15-29;20-12-3-1-2-11(10-12)15-17-13-4-9-22-14(13)16(18-15)19-5-7-21-8-6-19;1-2-3-4-5-6-7-8-9-10(11)12/h9-11,13,18-19H,2-8,12,14-17H2,1H3;1-4,9-10,20H,5-8H2;2-9H2,1H3. The predicted octanol–water partition coefficient (Wildman–Crippen LogP) is 13.0. The summed E-state index contributed by atoms with van der Waals surface area (Å²) in [5.74, 6) is 3.79. The Hall–Kier alpha value is -4.73. The number of thiophene rings is 2. The average molecular weight is 972 g/mol. The van der Waals surface area contributed by atoms with E-state index in [1.54, 1.807) is 40.9 Å². The highest BCUT2D eigenvalue weighted by Crippen LogP contribution is 2.34. The van der Waals surface area contributed by atoms with E-state index in [4.69, 9.17) is 40.8 Å². The van der Waals surface area contributed by atoms with Gasteiger partial charge in [0.25, 0.3) is 0 Å². The van der Waals surface area contributed by atoms with Crippen LogP contribution in [0.5, 0.6) is 11.5 Å². The van der Waals surface area contributed by atoms with Crippen molar-refractivity contribution in [1.82, 2.24) is 19.9 Å². The van der Waals surface area contributed by atoms with Crippen LogP contribution in [0.3, 0.4) is 0 Å². The van der Waals surface area contributed by atoms with Gasteiger partial charge in [0.2, 0.25) is 5.24 Å². The molecule has 12 nitrogen and oxygen atoms in total. The molecule has 0 saturated carbocycles. The van der Waals surface area contributed by atoms with Crippen molar-refractivity contribution in [3.8, 4) is 34.3 Å². The molecule has 0 spiro atoms. The monoisotopic (exact) mass is 970 g/mol. The molecule has 0 unspecified atom stereocenters. The second-order valence-electron chi connectivity index (χ2n) is 16.9. The highest BCUT2D eigenvalue weighted by atomic mass is 35.5. The summed E-state index contributed by atoms with van der Waals surface area (Å²) in [6.45, 7) is 10.6. The summed E-state index contributed by atoms with van der Waals surface area (Å²) in [6, 6.07) is 18.6. The van der Waals surface area contributed by atoms with Gasteiger partial charge in [0.05, 0.1) is 46.9 Å². The number of esters is 1. The van der Waals surface area contributed by atoms with Gasteiger partial charge in [0.1, 0.15) is 11.5 Å². The zero-order valence-electron chi connectivity index (χ0n) is 39.3. The maximum atomic E-state index is 12.3. The Labute approximate surface area is 409 Å². The minimum absolute atomic E-state index is 0.177. The first kappa shape index (κ1) is 51.7. The van der Waals surface area contributed by atoms with E-state index in [1.807, 2.05) is 47.8 Å². The lowest BCUT2D eigenvalue weighted by Crippen LogP contribution is -2.36. The number of ether oxygens (including phenoxy) is 3. The van der Waals surface area contributed by atoms with Crippen LogP contribution in [0, 0.1) is 0 Å². The molecule has 2 aliphatic heterocycles. The molecule has 2 aliphatic rings. The number of aromatic nitrogens is 4. The first-order chi connectivity index (χ1) is 32.8. The Balaban J connectivity index is 0.000000187. The number of morpholine rings is 2. The van der Waals surface area contributed by atoms with Crippen LogP contribution >= 0.6 is 34.3 Å². The minimum atomic E-state index is -0.191. The van der Waals surface area contributed by atoms with E-state index >= 15 is 0 Å². The van der Waals surface area contributed by atoms with Gasteiger partial charge < -0.3 is 29.1 Å². The number of hydrogen-bond donors (Lipinski definition) is 1. The molecular weight excluding hydrogens is 904 g/mol. The lowest BCUT2D eigenvalue weighted by Gasteiger charge is -2.28. The smallest absolute Gasteiger partial charge is 0.311 e. The third-order valence-corrected chi connectivity index (χ3v) is 13.6. The molecule has 360 valence electrons. The fourth-order valence-electron chi connectivity index (χ4n) is 7.91. The second-order valence-corrected chi connectivity index (χ2v) is 19.1. The normalized spacial score (nSPS) is 13.8. The van der Waals surface area contributed by atoms with Gasteiger partial charge >= 0.3 is 5.97 Å². The van der Waals surface area contributed by atoms with Gasteiger partial charge in [-0.1, -0.05) is 115 Å². The summed E-state index contributed by atoms with van der Waals surface area (Å²) in [6.07, 6.45) is 17.9. The molecule has 6 aromatic rings. The predicted molar refractivity (Wildman–Crippen MR) is 275 cm³/mol. The third-order valence-electron chi connectivity index (χ3n) is 11.6. The molecule has 8 rings (SSSR count). The van der Waals surface area contributed by atoms with Crippen molar-refractivity contribution >= 4 is 77.6 Å². The Kier molecular flexibility index (Phi) is 22.0. The summed E-state index contributed by atoms with van der Waals surface area (Å²) >= 11 is 8.52. The molecule has 15 heteroatoms. The fourth-order valence-corrected chi connectivity index (χ4v) is 9.74. The Morgan fingerprint density at radius 3 is 1.57 bits per heavy atom. The van der Waals surface area contributed by atoms with E-state index in [0.29, 0.717) is 43.5 Å². The van der Waals surface area contributed by atoms with Crippen LogP contribution in [-0.2, 0) is 19.1 Å². The zero-order chi connectivity index (χ0) is 47.1. The molecule has 0 bridgehead atoms. The highest BCUT2D eigenvalue weighted by Gasteiger charge is 2.21. The van der Waals surface area contributed by atoms with Crippen molar-refractivity contribution in [2.45, 2.75) is 117 Å². The molecule has 2 fully saturated rings. The number of hydrogen-bond acceptors (Lipinski definition) is 14. The SMILES string of the molecule is CCCCCCCCCC(=O)Cl.CCCCCCCCCC(=O)Oc1cccc(-c2nc(N3CCOCC3)c3sccc3n2)c1.Oc1cccc(-c2nc(N3CCOCC3)c3sccc3n2)c1. The van der Waals surface area contributed by atoms with Crippen LogP contribution in [-0.4, -0.2) is 88.9 Å². The number of aromatic hydroxyl groups is 1. The molecule has 4 aromatic heterocycles. The van der Waals surface area contributed by atoms with E-state index in [0.717, 1.165) is 108 Å². The molecule has 0 amide bonds. The van der Waals surface area contributed by atoms with E-state index in [2.05, 4.69) is 34.0 Å². The van der Waals surface area contributed by atoms with E-state index < -0.39 is 0 Å². The summed E-state index contributed by atoms with van der Waals surface area (Å²) < 4.78 is 18.8. The second kappa shape index (κ2) is 28.6. The van der Waals surface area contributed by atoms with Gasteiger partial charge in [0, 0.05) is 50.1 Å². The number of unbranched alkanes of at least 4 members (excludes halogenated alkanes) is 12. The number of halogens is 1. The minimum Gasteiger partial charge on any atom is -0.508 e. The van der Waals surface area contributed by atoms with Gasteiger partial charge in [-0.15, -0.1) is 22.7 Å². The highest BCUT2D eigenvalue weighted by molar-refractivity contribution is 7.18. The van der Waals surface area contributed by atoms with Crippen molar-refractivity contribution in [2.75, 3.05) is 62.4 Å². The Morgan fingerprint density at radius 1 is 0.612 bits per heavy atom. The van der Waals surface area contributed by atoms with Crippen molar-refractivity contribution < 1.29 is 28.9 Å². The molecule has 67 heavy (non-hydrogen) atoms. The number of phenolic OH excluding ortho intramolecular Hbond substituents is 1. The quantitative estimate of drug-likeness (QED) is 0.0318. The summed E-state index contributed by atoms with van der Waals surface area (Å²) in [4.78, 5) is 46.3. The van der Waals surface area contributed by atoms with Crippen LogP contribution in [0.15, 0.2) is 71.4 Å². The zero-order valence-corrected chi connectivity index (χ0v) is 41.7. The van der Waals surface area contributed by atoms with Gasteiger partial charge in [-0.3, -0.25) is 9.59 Å². The molecule has 1 N–H and O–H groups in total. The van der Waals surface area contributed by atoms with Crippen LogP contribution in [0.25, 0.3) is 43.2 Å². The number of rotatable bonds is 21. The first-order valence-corrected chi connectivity index (χ1v) is 26.4. The van der Waals surface area contributed by atoms with E-state index in [1.165, 1.54) is 64.2 Å². The van der Waals surface area contributed by atoms with Crippen molar-refractivity contribution in [3.05, 3.63) is 71.4 Å². The topological polar surface area (TPSA) is 140 Å². The number of phenols is 1. The van der Waals surface area contributed by atoms with Gasteiger partial charge in [-0.05, 0) is 71.6 Å². The first-order valence-electron chi connectivity index (χ1n) is 24.3. The summed E-state index contributed by atoms with van der Waals surface area (Å²) in [7, 11) is 0. The average Bonchev–Trinajstić information content (AvgIpc) is 4.04. The van der Waals surface area contributed by atoms with Gasteiger partial charge in [-0.2, -0.15) is 0 Å². The number of carbonyl (C=O) groups excluding carboxylic acids is 2.